The molecule has 0 saturated heterocycles. The van der Waals surface area contributed by atoms with Crippen molar-refractivity contribution < 1.29 is 9.59 Å². The lowest BCUT2D eigenvalue weighted by molar-refractivity contribution is 0.0949. The quantitative estimate of drug-likeness (QED) is 0.774. The second-order valence-electron chi connectivity index (χ2n) is 5.11. The normalized spacial score (nSPS) is 10.5. The van der Waals surface area contributed by atoms with E-state index in [1.807, 2.05) is 42.5 Å². The molecule has 2 N–H and O–H groups in total. The highest BCUT2D eigenvalue weighted by Crippen LogP contribution is 2.25. The third-order valence-corrected chi connectivity index (χ3v) is 4.66. The molecule has 0 aliphatic rings. The first-order valence-corrected chi connectivity index (χ1v) is 8.07. The van der Waals surface area contributed by atoms with Crippen LogP contribution in [0.5, 0.6) is 0 Å². The zero-order valence-electron chi connectivity index (χ0n) is 12.6. The molecule has 1 heterocycles. The summed E-state index contributed by atoms with van der Waals surface area (Å²) >= 11 is 1.48. The number of carbonyl (C=O) groups is 2. The van der Waals surface area contributed by atoms with E-state index in [0.29, 0.717) is 17.0 Å². The predicted molar refractivity (Wildman–Crippen MR) is 92.8 cm³/mol. The smallest absolute Gasteiger partial charge is 0.261 e. The maximum atomic E-state index is 12.2. The van der Waals surface area contributed by atoms with E-state index in [-0.39, 0.29) is 11.8 Å². The van der Waals surface area contributed by atoms with Gasteiger partial charge in [0, 0.05) is 23.9 Å². The molecule has 0 atom stereocenters. The first kappa shape index (κ1) is 15.2. The minimum absolute atomic E-state index is 0.0819. The third-order valence-electron chi connectivity index (χ3n) is 3.55. The van der Waals surface area contributed by atoms with Gasteiger partial charge in [0.2, 0.25) is 0 Å². The Morgan fingerprint density at radius 3 is 2.43 bits per heavy atom. The van der Waals surface area contributed by atoms with Gasteiger partial charge in [0.15, 0.2) is 0 Å². The second-order valence-corrected chi connectivity index (χ2v) is 6.19. The molecule has 0 aliphatic heterocycles. The van der Waals surface area contributed by atoms with Crippen LogP contribution < -0.4 is 10.6 Å². The molecule has 5 heteroatoms. The molecule has 4 nitrogen and oxygen atoms in total. The average molecular weight is 324 g/mol. The molecule has 3 aromatic rings. The average Bonchev–Trinajstić information content (AvgIpc) is 3.03. The Bertz CT molecular complexity index is 820. The number of hydrogen-bond acceptors (Lipinski definition) is 3. The van der Waals surface area contributed by atoms with Crippen molar-refractivity contribution in [1.29, 1.82) is 0 Å². The van der Waals surface area contributed by atoms with E-state index >= 15 is 0 Å². The summed E-state index contributed by atoms with van der Waals surface area (Å²) in [4.78, 5) is 24.4. The zero-order valence-corrected chi connectivity index (χ0v) is 13.4. The highest BCUT2D eigenvalue weighted by molar-refractivity contribution is 7.20. The zero-order chi connectivity index (χ0) is 16.2. The summed E-state index contributed by atoms with van der Waals surface area (Å²) in [6.45, 7) is 0.432. The summed E-state index contributed by atoms with van der Waals surface area (Å²) < 4.78 is 1.10. The topological polar surface area (TPSA) is 58.2 Å². The van der Waals surface area contributed by atoms with Gasteiger partial charge in [-0.3, -0.25) is 9.59 Å². The summed E-state index contributed by atoms with van der Waals surface area (Å²) in [5.74, 6) is -0.201. The fourth-order valence-electron chi connectivity index (χ4n) is 2.28. The van der Waals surface area contributed by atoms with Crippen LogP contribution >= 0.6 is 11.3 Å². The van der Waals surface area contributed by atoms with Gasteiger partial charge in [0.05, 0.1) is 4.88 Å². The summed E-state index contributed by atoms with van der Waals surface area (Å²) in [7, 11) is 1.60. The Labute approximate surface area is 138 Å². The van der Waals surface area contributed by atoms with Gasteiger partial charge >= 0.3 is 0 Å². The second kappa shape index (κ2) is 6.62. The molecule has 0 fully saturated rings. The molecular formula is C18H16N2O2S. The first-order valence-electron chi connectivity index (χ1n) is 7.25. The SMILES string of the molecule is CNC(=O)c1ccc(CNC(=O)c2cc3ccccc3s2)cc1. The fraction of sp³-hybridized carbons (Fsp3) is 0.111. The minimum Gasteiger partial charge on any atom is -0.355 e. The molecular weight excluding hydrogens is 308 g/mol. The molecule has 1 aromatic heterocycles. The Morgan fingerprint density at radius 1 is 1.00 bits per heavy atom. The Morgan fingerprint density at radius 2 is 1.74 bits per heavy atom. The van der Waals surface area contributed by atoms with E-state index in [4.69, 9.17) is 0 Å². The number of fused-ring (bicyclic) bond motifs is 1. The highest BCUT2D eigenvalue weighted by Gasteiger charge is 2.10. The number of nitrogens with one attached hydrogen (secondary N) is 2. The van der Waals surface area contributed by atoms with E-state index in [2.05, 4.69) is 10.6 Å². The van der Waals surface area contributed by atoms with E-state index in [1.54, 1.807) is 19.2 Å². The molecule has 3 rings (SSSR count). The summed E-state index contributed by atoms with van der Waals surface area (Å²) in [6.07, 6.45) is 0. The largest absolute Gasteiger partial charge is 0.355 e. The van der Waals surface area contributed by atoms with Crippen molar-refractivity contribution in [2.24, 2.45) is 0 Å². The minimum atomic E-state index is -0.120. The van der Waals surface area contributed by atoms with Crippen molar-refractivity contribution in [2.45, 2.75) is 6.54 Å². The van der Waals surface area contributed by atoms with E-state index in [0.717, 1.165) is 15.6 Å². The van der Waals surface area contributed by atoms with Crippen molar-refractivity contribution >= 4 is 33.2 Å². The molecule has 0 bridgehead atoms. The first-order chi connectivity index (χ1) is 11.2. The van der Waals surface area contributed by atoms with Gasteiger partial charge in [-0.15, -0.1) is 11.3 Å². The van der Waals surface area contributed by atoms with E-state index < -0.39 is 0 Å². The van der Waals surface area contributed by atoms with Crippen LogP contribution in [0.25, 0.3) is 10.1 Å². The van der Waals surface area contributed by atoms with Gasteiger partial charge in [0.1, 0.15) is 0 Å². The van der Waals surface area contributed by atoms with Gasteiger partial charge in [0.25, 0.3) is 11.8 Å². The van der Waals surface area contributed by atoms with E-state index in [9.17, 15) is 9.59 Å². The standard InChI is InChI=1S/C18H16N2O2S/c1-19-17(21)13-8-6-12(7-9-13)11-20-18(22)16-10-14-4-2-3-5-15(14)23-16/h2-10H,11H2,1H3,(H,19,21)(H,20,22). The number of hydrogen-bond donors (Lipinski definition) is 2. The Kier molecular flexibility index (Phi) is 4.39. The molecule has 23 heavy (non-hydrogen) atoms. The van der Waals surface area contributed by atoms with Crippen LogP contribution in [0.1, 0.15) is 25.6 Å². The molecule has 116 valence electrons. The van der Waals surface area contributed by atoms with Crippen LogP contribution in [-0.4, -0.2) is 18.9 Å². The molecule has 2 aromatic carbocycles. The van der Waals surface area contributed by atoms with Crippen LogP contribution in [0.15, 0.2) is 54.6 Å². The maximum absolute atomic E-state index is 12.2. The molecule has 0 aliphatic carbocycles. The number of thiophene rings is 1. The Balaban J connectivity index is 1.65. The summed E-state index contributed by atoms with van der Waals surface area (Å²) in [5, 5.41) is 6.57. The van der Waals surface area contributed by atoms with Gasteiger partial charge in [-0.2, -0.15) is 0 Å². The van der Waals surface area contributed by atoms with Crippen molar-refractivity contribution in [3.05, 3.63) is 70.6 Å². The molecule has 0 spiro atoms. The number of amides is 2. The van der Waals surface area contributed by atoms with Crippen molar-refractivity contribution in [3.8, 4) is 0 Å². The third kappa shape index (κ3) is 3.40. The Hall–Kier alpha value is -2.66. The fourth-order valence-corrected chi connectivity index (χ4v) is 3.26. The number of carbonyl (C=O) groups excluding carboxylic acids is 2. The van der Waals surface area contributed by atoms with Gasteiger partial charge in [-0.25, -0.2) is 0 Å². The predicted octanol–water partition coefficient (Wildman–Crippen LogP) is 3.19. The summed E-state index contributed by atoms with van der Waals surface area (Å²) in [6, 6.07) is 17.0. The van der Waals surface area contributed by atoms with Crippen molar-refractivity contribution in [1.82, 2.24) is 10.6 Å². The number of rotatable bonds is 4. The van der Waals surface area contributed by atoms with Crippen LogP contribution in [0.4, 0.5) is 0 Å². The molecule has 0 radical (unpaired) electrons. The maximum Gasteiger partial charge on any atom is 0.261 e. The lowest BCUT2D eigenvalue weighted by atomic mass is 10.1. The lowest BCUT2D eigenvalue weighted by Crippen LogP contribution is -2.22. The van der Waals surface area contributed by atoms with Gasteiger partial charge < -0.3 is 10.6 Å². The summed E-state index contributed by atoms with van der Waals surface area (Å²) in [5.41, 5.74) is 1.55. The lowest BCUT2D eigenvalue weighted by Gasteiger charge is -2.05. The van der Waals surface area contributed by atoms with Gasteiger partial charge in [-0.1, -0.05) is 30.3 Å². The van der Waals surface area contributed by atoms with Crippen LogP contribution in [0, 0.1) is 0 Å². The van der Waals surface area contributed by atoms with Crippen molar-refractivity contribution in [2.75, 3.05) is 7.05 Å². The number of benzene rings is 2. The molecule has 0 saturated carbocycles. The van der Waals surface area contributed by atoms with Crippen LogP contribution in [-0.2, 0) is 6.54 Å². The molecule has 2 amide bonds. The monoisotopic (exact) mass is 324 g/mol. The van der Waals surface area contributed by atoms with Gasteiger partial charge in [-0.05, 0) is 35.2 Å². The van der Waals surface area contributed by atoms with Crippen LogP contribution in [0.2, 0.25) is 0 Å². The van der Waals surface area contributed by atoms with Crippen molar-refractivity contribution in [3.63, 3.8) is 0 Å². The molecule has 0 unspecified atom stereocenters. The highest BCUT2D eigenvalue weighted by atomic mass is 32.1. The van der Waals surface area contributed by atoms with E-state index in [1.165, 1.54) is 11.3 Å². The van der Waals surface area contributed by atoms with Crippen LogP contribution in [0.3, 0.4) is 0 Å².